The number of nitrogens with zero attached hydrogens (tertiary/aromatic N) is 5. The van der Waals surface area contributed by atoms with Crippen molar-refractivity contribution >= 4 is 5.97 Å². The summed E-state index contributed by atoms with van der Waals surface area (Å²) in [7, 11) is 1.80. The zero-order chi connectivity index (χ0) is 28.7. The summed E-state index contributed by atoms with van der Waals surface area (Å²) in [5.41, 5.74) is 4.10. The fourth-order valence-electron chi connectivity index (χ4n) is 5.98. The normalized spacial score (nSPS) is 22.4. The topological polar surface area (TPSA) is 95.1 Å². The van der Waals surface area contributed by atoms with Gasteiger partial charge in [0.2, 0.25) is 0 Å². The number of aromatic nitrogens is 5. The first-order valence-electron chi connectivity index (χ1n) is 13.7. The van der Waals surface area contributed by atoms with Crippen LogP contribution in [-0.2, 0) is 7.05 Å². The molecule has 2 aromatic heterocycles. The van der Waals surface area contributed by atoms with Crippen molar-refractivity contribution in [1.29, 1.82) is 0 Å². The van der Waals surface area contributed by atoms with Crippen molar-refractivity contribution in [3.63, 3.8) is 0 Å². The van der Waals surface area contributed by atoms with Gasteiger partial charge in [-0.1, -0.05) is 35.9 Å². The monoisotopic (exact) mass is 565 g/mol. The second-order valence-electron chi connectivity index (χ2n) is 11.1. The predicted octanol–water partition coefficient (Wildman–Crippen LogP) is 6.38. The van der Waals surface area contributed by atoms with Crippen LogP contribution in [0.25, 0.3) is 16.8 Å². The first-order chi connectivity index (χ1) is 19.7. The third kappa shape index (κ3) is 5.71. The Hall–Kier alpha value is -4.15. The van der Waals surface area contributed by atoms with Gasteiger partial charge in [0.05, 0.1) is 35.8 Å². The summed E-state index contributed by atoms with van der Waals surface area (Å²) in [6.45, 7) is 0.249. The van der Waals surface area contributed by atoms with E-state index >= 15 is 0 Å². The minimum Gasteiger partial charge on any atom is -0.493 e. The molecule has 0 bridgehead atoms. The van der Waals surface area contributed by atoms with Gasteiger partial charge >= 0.3 is 12.1 Å². The molecule has 2 aliphatic carbocycles. The van der Waals surface area contributed by atoms with E-state index in [0.717, 1.165) is 35.3 Å². The van der Waals surface area contributed by atoms with Crippen LogP contribution in [0.5, 0.6) is 5.75 Å². The van der Waals surface area contributed by atoms with Gasteiger partial charge in [-0.2, -0.15) is 18.3 Å². The van der Waals surface area contributed by atoms with Gasteiger partial charge in [-0.25, -0.2) is 9.48 Å². The lowest BCUT2D eigenvalue weighted by molar-refractivity contribution is -0.186. The second-order valence-corrected chi connectivity index (χ2v) is 11.1. The van der Waals surface area contributed by atoms with E-state index < -0.39 is 18.1 Å². The summed E-state index contributed by atoms with van der Waals surface area (Å²) in [5, 5.41) is 22.5. The molecule has 6 rings (SSSR count). The fourth-order valence-corrected chi connectivity index (χ4v) is 5.98. The third-order valence-electron chi connectivity index (χ3n) is 8.17. The van der Waals surface area contributed by atoms with E-state index in [2.05, 4.69) is 15.4 Å². The van der Waals surface area contributed by atoms with Crippen LogP contribution in [0.4, 0.5) is 13.2 Å². The lowest BCUT2D eigenvalue weighted by atomic mass is 9.81. The van der Waals surface area contributed by atoms with Crippen LogP contribution < -0.4 is 4.74 Å². The molecule has 1 N–H and O–H groups in total. The number of hydrogen-bond acceptors (Lipinski definition) is 5. The summed E-state index contributed by atoms with van der Waals surface area (Å²) < 4.78 is 48.9. The molecule has 2 aliphatic rings. The van der Waals surface area contributed by atoms with E-state index in [1.165, 1.54) is 6.20 Å². The molecule has 4 atom stereocenters. The van der Waals surface area contributed by atoms with Crippen molar-refractivity contribution in [3.8, 4) is 22.6 Å². The number of benzene rings is 2. The van der Waals surface area contributed by atoms with Gasteiger partial charge in [-0.05, 0) is 67.0 Å². The SMILES string of the molecule is Cn1cc([C@@H]2C[C@@H]2c2c(C(=O)O)cnn2-c2cccc(-c3cccc(OCC4CCCC(C(F)(F)F)C4)c3)c2)nn1. The molecule has 2 unspecified atom stereocenters. The summed E-state index contributed by atoms with van der Waals surface area (Å²) in [6, 6.07) is 15.1. The van der Waals surface area contributed by atoms with Crippen molar-refractivity contribution in [3.05, 3.63) is 77.9 Å². The van der Waals surface area contributed by atoms with Gasteiger partial charge in [0.25, 0.3) is 0 Å². The number of carboxylic acids is 1. The molecule has 0 saturated heterocycles. The molecule has 0 amide bonds. The molecule has 2 saturated carbocycles. The van der Waals surface area contributed by atoms with Crippen LogP contribution in [0.15, 0.2) is 60.9 Å². The Morgan fingerprint density at radius 3 is 2.59 bits per heavy atom. The molecular weight excluding hydrogens is 535 g/mol. The average molecular weight is 566 g/mol. The number of ether oxygens (including phenoxy) is 1. The molecule has 11 heteroatoms. The summed E-state index contributed by atoms with van der Waals surface area (Å²) >= 11 is 0. The molecule has 41 heavy (non-hydrogen) atoms. The quantitative estimate of drug-likeness (QED) is 0.266. The molecule has 0 radical (unpaired) electrons. The van der Waals surface area contributed by atoms with E-state index in [9.17, 15) is 23.1 Å². The van der Waals surface area contributed by atoms with Crippen LogP contribution in [0.1, 0.15) is 65.7 Å². The molecule has 8 nitrogen and oxygen atoms in total. The van der Waals surface area contributed by atoms with Crippen LogP contribution >= 0.6 is 0 Å². The molecule has 2 heterocycles. The van der Waals surface area contributed by atoms with E-state index in [0.29, 0.717) is 17.9 Å². The number of hydrogen-bond donors (Lipinski definition) is 1. The number of rotatable bonds is 8. The van der Waals surface area contributed by atoms with Gasteiger partial charge in [-0.3, -0.25) is 4.68 Å². The first kappa shape index (κ1) is 27.0. The number of alkyl halides is 3. The van der Waals surface area contributed by atoms with Crippen LogP contribution in [0, 0.1) is 11.8 Å². The second kappa shape index (κ2) is 10.7. The molecule has 214 valence electrons. The van der Waals surface area contributed by atoms with Gasteiger partial charge in [0.15, 0.2) is 0 Å². The standard InChI is InChI=1S/C30H30F3N5O3/c1-37-16-27(35-36-37)24-14-25(24)28-26(29(39)40)15-34-38(28)22-9-3-6-19(12-22)20-7-4-10-23(13-20)41-17-18-5-2-8-21(11-18)30(31,32)33/h3-4,6-7,9-10,12-13,15-16,18,21,24-25H,2,5,8,11,14,17H2,1H3,(H,39,40)/t18?,21?,24-,25+/m1/s1. The zero-order valence-corrected chi connectivity index (χ0v) is 22.5. The Bertz CT molecular complexity index is 1560. The highest BCUT2D eigenvalue weighted by atomic mass is 19.4. The summed E-state index contributed by atoms with van der Waals surface area (Å²) in [4.78, 5) is 12.1. The van der Waals surface area contributed by atoms with Crippen LogP contribution in [0.2, 0.25) is 0 Å². The number of aryl methyl sites for hydroxylation is 1. The molecular formula is C30H30F3N5O3. The Labute approximate surface area is 234 Å². The first-order valence-corrected chi connectivity index (χ1v) is 13.7. The van der Waals surface area contributed by atoms with E-state index in [-0.39, 0.29) is 42.8 Å². The van der Waals surface area contributed by atoms with Gasteiger partial charge in [0, 0.05) is 25.1 Å². The largest absolute Gasteiger partial charge is 0.493 e. The maximum Gasteiger partial charge on any atom is 0.391 e. The Morgan fingerprint density at radius 1 is 1.07 bits per heavy atom. The Balaban J connectivity index is 1.21. The van der Waals surface area contributed by atoms with Crippen LogP contribution in [-0.4, -0.2) is 48.6 Å². The highest BCUT2D eigenvalue weighted by molar-refractivity contribution is 5.89. The van der Waals surface area contributed by atoms with E-state index in [4.69, 9.17) is 4.74 Å². The van der Waals surface area contributed by atoms with Gasteiger partial charge in [0.1, 0.15) is 11.3 Å². The molecule has 2 aromatic carbocycles. The zero-order valence-electron chi connectivity index (χ0n) is 22.5. The smallest absolute Gasteiger partial charge is 0.391 e. The third-order valence-corrected chi connectivity index (χ3v) is 8.17. The van der Waals surface area contributed by atoms with Crippen molar-refractivity contribution in [2.24, 2.45) is 18.9 Å². The number of halogens is 3. The number of carbonyl (C=O) groups is 1. The Kier molecular flexibility index (Phi) is 7.04. The lowest BCUT2D eigenvalue weighted by Gasteiger charge is -2.30. The number of aromatic carboxylic acids is 1. The highest BCUT2D eigenvalue weighted by Gasteiger charge is 2.46. The lowest BCUT2D eigenvalue weighted by Crippen LogP contribution is -2.30. The molecule has 0 aliphatic heterocycles. The van der Waals surface area contributed by atoms with Crippen molar-refractivity contribution in [2.45, 2.75) is 50.1 Å². The van der Waals surface area contributed by atoms with Crippen molar-refractivity contribution in [1.82, 2.24) is 24.8 Å². The molecule has 0 spiro atoms. The molecule has 2 fully saturated rings. The van der Waals surface area contributed by atoms with Gasteiger partial charge in [-0.15, -0.1) is 5.10 Å². The Morgan fingerprint density at radius 2 is 1.85 bits per heavy atom. The minimum atomic E-state index is -4.15. The minimum absolute atomic E-state index is 0.0441. The fraction of sp³-hybridized carbons (Fsp3) is 0.400. The molecule has 4 aromatic rings. The summed E-state index contributed by atoms with van der Waals surface area (Å²) in [5.74, 6) is -1.78. The average Bonchev–Trinajstić information content (AvgIpc) is 3.40. The van der Waals surface area contributed by atoms with Crippen molar-refractivity contribution in [2.75, 3.05) is 6.61 Å². The maximum atomic E-state index is 13.2. The van der Waals surface area contributed by atoms with Crippen molar-refractivity contribution < 1.29 is 27.8 Å². The van der Waals surface area contributed by atoms with Crippen LogP contribution in [0.3, 0.4) is 0 Å². The van der Waals surface area contributed by atoms with E-state index in [1.54, 1.807) is 16.4 Å². The van der Waals surface area contributed by atoms with Gasteiger partial charge < -0.3 is 9.84 Å². The predicted molar refractivity (Wildman–Crippen MR) is 144 cm³/mol. The maximum absolute atomic E-state index is 13.2. The number of carboxylic acid groups (broad SMARTS) is 1. The highest BCUT2D eigenvalue weighted by Crippen LogP contribution is 2.55. The van der Waals surface area contributed by atoms with E-state index in [1.807, 2.05) is 54.7 Å². The summed E-state index contributed by atoms with van der Waals surface area (Å²) in [6.07, 6.45) is 1.44.